The van der Waals surface area contributed by atoms with Crippen LogP contribution in [0.3, 0.4) is 0 Å². The van der Waals surface area contributed by atoms with Crippen molar-refractivity contribution in [3.05, 3.63) is 58.1 Å². The predicted molar refractivity (Wildman–Crippen MR) is 105 cm³/mol. The molecule has 148 valence electrons. The topological polar surface area (TPSA) is 85.2 Å². The molecule has 1 aliphatic heterocycles. The van der Waals surface area contributed by atoms with Gasteiger partial charge in [0.15, 0.2) is 11.5 Å². The summed E-state index contributed by atoms with van der Waals surface area (Å²) in [5.74, 6) is 1.11. The Morgan fingerprint density at radius 1 is 1.07 bits per heavy atom. The molecule has 28 heavy (non-hydrogen) atoms. The van der Waals surface area contributed by atoms with Gasteiger partial charge in [-0.05, 0) is 37.3 Å². The molecule has 0 spiro atoms. The molecule has 0 N–H and O–H groups in total. The van der Waals surface area contributed by atoms with Crippen LogP contribution in [0.25, 0.3) is 0 Å². The SMILES string of the molecule is CCOc1cc(C(=O)N2CCN(c3ccc([N+](=O)[O-])cc3)CC2)ccc1OC. The molecule has 0 unspecified atom stereocenters. The lowest BCUT2D eigenvalue weighted by Gasteiger charge is -2.36. The fourth-order valence-electron chi connectivity index (χ4n) is 3.21. The van der Waals surface area contributed by atoms with Crippen molar-refractivity contribution in [2.24, 2.45) is 0 Å². The molecule has 1 saturated heterocycles. The average Bonchev–Trinajstić information content (AvgIpc) is 2.73. The van der Waals surface area contributed by atoms with Crippen molar-refractivity contribution in [1.29, 1.82) is 0 Å². The second-order valence-electron chi connectivity index (χ2n) is 6.35. The Kier molecular flexibility index (Phi) is 5.98. The van der Waals surface area contributed by atoms with Crippen molar-refractivity contribution in [1.82, 2.24) is 4.90 Å². The number of hydrogen-bond acceptors (Lipinski definition) is 6. The quantitative estimate of drug-likeness (QED) is 0.561. The lowest BCUT2D eigenvalue weighted by atomic mass is 10.1. The van der Waals surface area contributed by atoms with Crippen molar-refractivity contribution >= 4 is 17.3 Å². The van der Waals surface area contributed by atoms with Crippen LogP contribution in [0.5, 0.6) is 11.5 Å². The molecule has 3 rings (SSSR count). The summed E-state index contributed by atoms with van der Waals surface area (Å²) in [7, 11) is 1.57. The van der Waals surface area contributed by atoms with Crippen molar-refractivity contribution in [3.8, 4) is 11.5 Å². The van der Waals surface area contributed by atoms with Gasteiger partial charge in [0, 0.05) is 49.6 Å². The van der Waals surface area contributed by atoms with Crippen molar-refractivity contribution in [3.63, 3.8) is 0 Å². The van der Waals surface area contributed by atoms with Crippen LogP contribution < -0.4 is 14.4 Å². The monoisotopic (exact) mass is 385 g/mol. The molecule has 2 aromatic carbocycles. The van der Waals surface area contributed by atoms with Gasteiger partial charge in [0.05, 0.1) is 18.6 Å². The number of rotatable bonds is 6. The summed E-state index contributed by atoms with van der Waals surface area (Å²) in [6.07, 6.45) is 0. The van der Waals surface area contributed by atoms with Crippen molar-refractivity contribution in [2.75, 3.05) is 44.8 Å². The average molecular weight is 385 g/mol. The fourth-order valence-corrected chi connectivity index (χ4v) is 3.21. The molecule has 0 atom stereocenters. The third-order valence-corrected chi connectivity index (χ3v) is 4.70. The second-order valence-corrected chi connectivity index (χ2v) is 6.35. The first-order valence-corrected chi connectivity index (χ1v) is 9.13. The first-order valence-electron chi connectivity index (χ1n) is 9.13. The zero-order valence-electron chi connectivity index (χ0n) is 16.0. The summed E-state index contributed by atoms with van der Waals surface area (Å²) in [5.41, 5.74) is 1.55. The third-order valence-electron chi connectivity index (χ3n) is 4.70. The molecule has 0 radical (unpaired) electrons. The van der Waals surface area contributed by atoms with E-state index in [1.807, 2.05) is 6.92 Å². The van der Waals surface area contributed by atoms with Crippen LogP contribution in [0.4, 0.5) is 11.4 Å². The Hall–Kier alpha value is -3.29. The first kappa shape index (κ1) is 19.5. The van der Waals surface area contributed by atoms with Crippen molar-refractivity contribution < 1.29 is 19.2 Å². The maximum atomic E-state index is 12.9. The minimum atomic E-state index is -0.411. The Morgan fingerprint density at radius 3 is 2.32 bits per heavy atom. The molecule has 1 amide bonds. The maximum absolute atomic E-state index is 12.9. The summed E-state index contributed by atoms with van der Waals surface area (Å²) < 4.78 is 10.8. The van der Waals surface area contributed by atoms with E-state index in [0.717, 1.165) is 5.69 Å². The minimum Gasteiger partial charge on any atom is -0.493 e. The third kappa shape index (κ3) is 4.16. The number of carbonyl (C=O) groups excluding carboxylic acids is 1. The second kappa shape index (κ2) is 8.60. The molecule has 1 fully saturated rings. The number of benzene rings is 2. The van der Waals surface area contributed by atoms with Crippen LogP contribution in [-0.4, -0.2) is 55.6 Å². The number of anilines is 1. The standard InChI is InChI=1S/C20H23N3O5/c1-3-28-19-14-15(4-9-18(19)27-2)20(24)22-12-10-21(11-13-22)16-5-7-17(8-6-16)23(25)26/h4-9,14H,3,10-13H2,1-2H3. The van der Waals surface area contributed by atoms with Crippen LogP contribution in [0.15, 0.2) is 42.5 Å². The molecule has 0 aliphatic carbocycles. The van der Waals surface area contributed by atoms with Gasteiger partial charge in [0.1, 0.15) is 0 Å². The lowest BCUT2D eigenvalue weighted by molar-refractivity contribution is -0.384. The number of non-ortho nitro benzene ring substituents is 1. The number of hydrogen-bond donors (Lipinski definition) is 0. The van der Waals surface area contributed by atoms with Gasteiger partial charge >= 0.3 is 0 Å². The number of nitrogens with zero attached hydrogens (tertiary/aromatic N) is 3. The smallest absolute Gasteiger partial charge is 0.269 e. The van der Waals surface area contributed by atoms with Crippen molar-refractivity contribution in [2.45, 2.75) is 6.92 Å². The summed E-state index contributed by atoms with van der Waals surface area (Å²) in [6.45, 7) is 4.85. The van der Waals surface area contributed by atoms with Gasteiger partial charge in [0.2, 0.25) is 0 Å². The largest absolute Gasteiger partial charge is 0.493 e. The van der Waals surface area contributed by atoms with E-state index in [-0.39, 0.29) is 11.6 Å². The Labute approximate surface area is 163 Å². The van der Waals surface area contributed by atoms with E-state index in [1.165, 1.54) is 12.1 Å². The van der Waals surface area contributed by atoms with E-state index in [2.05, 4.69) is 4.90 Å². The van der Waals surface area contributed by atoms with Gasteiger partial charge in [-0.2, -0.15) is 0 Å². The van der Waals surface area contributed by atoms with Gasteiger partial charge in [-0.25, -0.2) is 0 Å². The highest BCUT2D eigenvalue weighted by atomic mass is 16.6. The molecule has 2 aromatic rings. The normalized spacial score (nSPS) is 13.9. The Bertz CT molecular complexity index is 845. The van der Waals surface area contributed by atoms with Crippen LogP contribution in [-0.2, 0) is 0 Å². The van der Waals surface area contributed by atoms with E-state index >= 15 is 0 Å². The zero-order chi connectivity index (χ0) is 20.1. The number of nitro groups is 1. The molecule has 8 nitrogen and oxygen atoms in total. The van der Waals surface area contributed by atoms with E-state index in [0.29, 0.717) is 49.8 Å². The molecule has 8 heteroatoms. The summed E-state index contributed by atoms with van der Waals surface area (Å²) >= 11 is 0. The summed E-state index contributed by atoms with van der Waals surface area (Å²) in [6, 6.07) is 11.7. The fraction of sp³-hybridized carbons (Fsp3) is 0.350. The highest BCUT2D eigenvalue weighted by Gasteiger charge is 2.23. The summed E-state index contributed by atoms with van der Waals surface area (Å²) in [5, 5.41) is 10.8. The molecule has 1 aliphatic rings. The number of piperazine rings is 1. The van der Waals surface area contributed by atoms with Gasteiger partial charge in [0.25, 0.3) is 11.6 Å². The highest BCUT2D eigenvalue weighted by Crippen LogP contribution is 2.29. The number of nitro benzene ring substituents is 1. The molecular formula is C20H23N3O5. The predicted octanol–water partition coefficient (Wildman–Crippen LogP) is 2.96. The van der Waals surface area contributed by atoms with E-state index in [1.54, 1.807) is 42.3 Å². The van der Waals surface area contributed by atoms with E-state index < -0.39 is 4.92 Å². The number of amides is 1. The van der Waals surface area contributed by atoms with Gasteiger partial charge in [-0.1, -0.05) is 0 Å². The number of ether oxygens (including phenoxy) is 2. The van der Waals surface area contributed by atoms with Crippen LogP contribution in [0, 0.1) is 10.1 Å². The van der Waals surface area contributed by atoms with E-state index in [9.17, 15) is 14.9 Å². The van der Waals surface area contributed by atoms with Gasteiger partial charge in [-0.3, -0.25) is 14.9 Å². The first-order chi connectivity index (χ1) is 13.5. The molecule has 1 heterocycles. The van der Waals surface area contributed by atoms with Crippen LogP contribution in [0.2, 0.25) is 0 Å². The zero-order valence-corrected chi connectivity index (χ0v) is 16.0. The Balaban J connectivity index is 1.65. The van der Waals surface area contributed by atoms with Gasteiger partial charge in [-0.15, -0.1) is 0 Å². The minimum absolute atomic E-state index is 0.0491. The molecule has 0 saturated carbocycles. The molecular weight excluding hydrogens is 362 g/mol. The summed E-state index contributed by atoms with van der Waals surface area (Å²) in [4.78, 5) is 27.1. The maximum Gasteiger partial charge on any atom is 0.269 e. The number of carbonyl (C=O) groups is 1. The molecule has 0 aromatic heterocycles. The molecule has 0 bridgehead atoms. The van der Waals surface area contributed by atoms with E-state index in [4.69, 9.17) is 9.47 Å². The van der Waals surface area contributed by atoms with Crippen LogP contribution >= 0.6 is 0 Å². The van der Waals surface area contributed by atoms with Crippen LogP contribution in [0.1, 0.15) is 17.3 Å². The Morgan fingerprint density at radius 2 is 1.75 bits per heavy atom. The highest BCUT2D eigenvalue weighted by molar-refractivity contribution is 5.95. The lowest BCUT2D eigenvalue weighted by Crippen LogP contribution is -2.48. The van der Waals surface area contributed by atoms with Gasteiger partial charge < -0.3 is 19.3 Å². The number of methoxy groups -OCH3 is 1.